The molecule has 1 heterocycles. The Balaban J connectivity index is 1.64. The van der Waals surface area contributed by atoms with Crippen LogP contribution < -0.4 is 9.64 Å². The van der Waals surface area contributed by atoms with E-state index in [1.165, 1.54) is 4.90 Å². The molecule has 0 spiro atoms. The highest BCUT2D eigenvalue weighted by atomic mass is 35.5. The van der Waals surface area contributed by atoms with Crippen molar-refractivity contribution in [2.24, 2.45) is 0 Å². The van der Waals surface area contributed by atoms with Gasteiger partial charge in [0.15, 0.2) is 6.61 Å². The highest BCUT2D eigenvalue weighted by Gasteiger charge is 2.35. The van der Waals surface area contributed by atoms with Gasteiger partial charge in [0, 0.05) is 18.1 Å². The van der Waals surface area contributed by atoms with Crippen LogP contribution in [0.1, 0.15) is 6.92 Å². The van der Waals surface area contributed by atoms with Gasteiger partial charge in [0.25, 0.3) is 5.91 Å². The van der Waals surface area contributed by atoms with Crippen LogP contribution in [0.5, 0.6) is 5.75 Å². The lowest BCUT2D eigenvalue weighted by Crippen LogP contribution is -2.58. The fourth-order valence-corrected chi connectivity index (χ4v) is 3.24. The summed E-state index contributed by atoms with van der Waals surface area (Å²) in [5.41, 5.74) is 0.663. The van der Waals surface area contributed by atoms with Crippen molar-refractivity contribution in [3.8, 4) is 5.75 Å². The molecular weight excluding hydrogens is 375 g/mol. The monoisotopic (exact) mass is 392 g/mol. The Kier molecular flexibility index (Phi) is 5.69. The minimum absolute atomic E-state index is 0.134. The Bertz CT molecular complexity index is 811. The Morgan fingerprint density at radius 1 is 1.12 bits per heavy atom. The summed E-state index contributed by atoms with van der Waals surface area (Å²) in [6, 6.07) is 13.4. The lowest BCUT2D eigenvalue weighted by molar-refractivity contribution is -0.142. The molecule has 3 rings (SSSR count). The van der Waals surface area contributed by atoms with Crippen molar-refractivity contribution in [1.29, 1.82) is 0 Å². The fourth-order valence-electron chi connectivity index (χ4n) is 2.88. The van der Waals surface area contributed by atoms with E-state index < -0.39 is 6.04 Å². The van der Waals surface area contributed by atoms with Gasteiger partial charge in [-0.3, -0.25) is 9.59 Å². The van der Waals surface area contributed by atoms with Crippen LogP contribution in [0, 0.1) is 0 Å². The molecule has 0 radical (unpaired) electrons. The number of ether oxygens (including phenoxy) is 1. The summed E-state index contributed by atoms with van der Waals surface area (Å²) in [4.78, 5) is 28.4. The summed E-state index contributed by atoms with van der Waals surface area (Å²) in [6.45, 7) is 2.39. The topological polar surface area (TPSA) is 49.9 Å². The molecule has 7 heteroatoms. The van der Waals surface area contributed by atoms with Gasteiger partial charge in [-0.2, -0.15) is 0 Å². The molecule has 2 amide bonds. The average molecular weight is 393 g/mol. The number of carbonyl (C=O) groups excluding carboxylic acids is 2. The maximum atomic E-state index is 12.7. The molecule has 136 valence electrons. The molecule has 1 fully saturated rings. The number of anilines is 1. The van der Waals surface area contributed by atoms with Gasteiger partial charge in [-0.05, 0) is 43.3 Å². The highest BCUT2D eigenvalue weighted by molar-refractivity contribution is 6.34. The third-order valence-electron chi connectivity index (χ3n) is 4.29. The number of para-hydroxylation sites is 1. The van der Waals surface area contributed by atoms with E-state index in [9.17, 15) is 9.59 Å². The standard InChI is InChI=1S/C19H18Cl2N2O3/c1-13-19(25)23(17-5-3-2-4-16(17)21)11-10-22(13)18(24)12-26-15-8-6-14(20)7-9-15/h2-9,13H,10-12H2,1H3. The number of carbonyl (C=O) groups is 2. The number of halogens is 2. The zero-order valence-electron chi connectivity index (χ0n) is 14.2. The fraction of sp³-hybridized carbons (Fsp3) is 0.263. The zero-order valence-corrected chi connectivity index (χ0v) is 15.7. The summed E-state index contributed by atoms with van der Waals surface area (Å²) in [5.74, 6) is 0.153. The van der Waals surface area contributed by atoms with Gasteiger partial charge < -0.3 is 14.5 Å². The van der Waals surface area contributed by atoms with Gasteiger partial charge in [-0.1, -0.05) is 35.3 Å². The Hall–Kier alpha value is -2.24. The molecule has 0 bridgehead atoms. The first-order valence-electron chi connectivity index (χ1n) is 8.21. The van der Waals surface area contributed by atoms with E-state index >= 15 is 0 Å². The van der Waals surface area contributed by atoms with Gasteiger partial charge in [-0.25, -0.2) is 0 Å². The number of nitrogens with zero attached hydrogens (tertiary/aromatic N) is 2. The van der Waals surface area contributed by atoms with Crippen molar-refractivity contribution in [2.45, 2.75) is 13.0 Å². The number of piperazine rings is 1. The molecule has 26 heavy (non-hydrogen) atoms. The van der Waals surface area contributed by atoms with E-state index in [0.717, 1.165) is 0 Å². The first-order chi connectivity index (χ1) is 12.5. The molecule has 1 aliphatic heterocycles. The number of amides is 2. The molecule has 5 nitrogen and oxygen atoms in total. The predicted octanol–water partition coefficient (Wildman–Crippen LogP) is 3.64. The number of rotatable bonds is 4. The first-order valence-corrected chi connectivity index (χ1v) is 8.96. The van der Waals surface area contributed by atoms with E-state index in [-0.39, 0.29) is 18.4 Å². The third kappa shape index (κ3) is 3.94. The van der Waals surface area contributed by atoms with Crippen LogP contribution in [0.3, 0.4) is 0 Å². The van der Waals surface area contributed by atoms with E-state index in [2.05, 4.69) is 0 Å². The summed E-state index contributed by atoms with van der Waals surface area (Å²) in [5, 5.41) is 1.11. The lowest BCUT2D eigenvalue weighted by Gasteiger charge is -2.39. The zero-order chi connectivity index (χ0) is 18.7. The molecule has 2 aromatic rings. The molecule has 1 unspecified atom stereocenters. The van der Waals surface area contributed by atoms with Crippen molar-refractivity contribution >= 4 is 40.7 Å². The summed E-state index contributed by atoms with van der Waals surface area (Å²) >= 11 is 12.0. The molecule has 0 aromatic heterocycles. The van der Waals surface area contributed by atoms with Crippen molar-refractivity contribution in [3.05, 3.63) is 58.6 Å². The molecule has 1 saturated heterocycles. The maximum Gasteiger partial charge on any atom is 0.261 e. The van der Waals surface area contributed by atoms with Gasteiger partial charge in [0.1, 0.15) is 11.8 Å². The summed E-state index contributed by atoms with van der Waals surface area (Å²) in [7, 11) is 0. The summed E-state index contributed by atoms with van der Waals surface area (Å²) in [6.07, 6.45) is 0. The largest absolute Gasteiger partial charge is 0.484 e. The average Bonchev–Trinajstić information content (AvgIpc) is 2.64. The van der Waals surface area contributed by atoms with Crippen LogP contribution in [0.2, 0.25) is 10.0 Å². The highest BCUT2D eigenvalue weighted by Crippen LogP contribution is 2.28. The van der Waals surface area contributed by atoms with Crippen molar-refractivity contribution in [2.75, 3.05) is 24.6 Å². The molecule has 2 aromatic carbocycles. The number of hydrogen-bond acceptors (Lipinski definition) is 3. The molecule has 0 aliphatic carbocycles. The van der Waals surface area contributed by atoms with Crippen LogP contribution >= 0.6 is 23.2 Å². The van der Waals surface area contributed by atoms with Crippen molar-refractivity contribution in [3.63, 3.8) is 0 Å². The Morgan fingerprint density at radius 2 is 1.81 bits per heavy atom. The minimum Gasteiger partial charge on any atom is -0.484 e. The van der Waals surface area contributed by atoms with Crippen LogP contribution in [0.4, 0.5) is 5.69 Å². The first kappa shape index (κ1) is 18.5. The van der Waals surface area contributed by atoms with Gasteiger partial charge in [0.2, 0.25) is 5.91 Å². The van der Waals surface area contributed by atoms with E-state index in [1.54, 1.807) is 48.2 Å². The van der Waals surface area contributed by atoms with Gasteiger partial charge in [-0.15, -0.1) is 0 Å². The second kappa shape index (κ2) is 7.98. The second-order valence-corrected chi connectivity index (χ2v) is 6.79. The molecule has 1 aliphatic rings. The van der Waals surface area contributed by atoms with Crippen LogP contribution in [0.25, 0.3) is 0 Å². The molecule has 1 atom stereocenters. The Labute approximate surface area is 162 Å². The van der Waals surface area contributed by atoms with E-state index in [0.29, 0.717) is 34.6 Å². The Morgan fingerprint density at radius 3 is 2.50 bits per heavy atom. The predicted molar refractivity (Wildman–Crippen MR) is 102 cm³/mol. The van der Waals surface area contributed by atoms with Crippen molar-refractivity contribution in [1.82, 2.24) is 4.90 Å². The second-order valence-electron chi connectivity index (χ2n) is 5.95. The van der Waals surface area contributed by atoms with Gasteiger partial charge in [0.05, 0.1) is 10.7 Å². The number of benzene rings is 2. The van der Waals surface area contributed by atoms with E-state index in [1.807, 2.05) is 12.1 Å². The smallest absolute Gasteiger partial charge is 0.261 e. The summed E-state index contributed by atoms with van der Waals surface area (Å²) < 4.78 is 5.49. The van der Waals surface area contributed by atoms with E-state index in [4.69, 9.17) is 27.9 Å². The van der Waals surface area contributed by atoms with Gasteiger partial charge >= 0.3 is 0 Å². The molecular formula is C19H18Cl2N2O3. The maximum absolute atomic E-state index is 12.7. The van der Waals surface area contributed by atoms with Crippen LogP contribution in [0.15, 0.2) is 48.5 Å². The molecule has 0 saturated carbocycles. The lowest BCUT2D eigenvalue weighted by atomic mass is 10.1. The van der Waals surface area contributed by atoms with Crippen LogP contribution in [-0.2, 0) is 9.59 Å². The normalized spacial score (nSPS) is 17.3. The SMILES string of the molecule is CC1C(=O)N(c2ccccc2Cl)CCN1C(=O)COc1ccc(Cl)cc1. The van der Waals surface area contributed by atoms with Crippen molar-refractivity contribution < 1.29 is 14.3 Å². The third-order valence-corrected chi connectivity index (χ3v) is 4.87. The minimum atomic E-state index is -0.582. The quantitative estimate of drug-likeness (QED) is 0.797. The molecule has 0 N–H and O–H groups in total. The number of hydrogen-bond donors (Lipinski definition) is 0. The van der Waals surface area contributed by atoms with Crippen LogP contribution in [-0.4, -0.2) is 42.5 Å².